The van der Waals surface area contributed by atoms with Crippen molar-refractivity contribution in [1.82, 2.24) is 0 Å². The van der Waals surface area contributed by atoms with Crippen LogP contribution < -0.4 is 9.47 Å². The van der Waals surface area contributed by atoms with Crippen LogP contribution >= 0.6 is 0 Å². The molecule has 0 fully saturated rings. The molecule has 0 saturated carbocycles. The fourth-order valence-corrected chi connectivity index (χ4v) is 2.67. The lowest BCUT2D eigenvalue weighted by Crippen LogP contribution is -2.05. The Kier molecular flexibility index (Phi) is 9.05. The van der Waals surface area contributed by atoms with Crippen LogP contribution in [0.3, 0.4) is 0 Å². The first kappa shape index (κ1) is 23.1. The molecule has 160 valence electrons. The van der Waals surface area contributed by atoms with E-state index < -0.39 is 4.92 Å². The van der Waals surface area contributed by atoms with Gasteiger partial charge in [-0.1, -0.05) is 23.8 Å². The van der Waals surface area contributed by atoms with E-state index in [-0.39, 0.29) is 19.3 Å². The number of methoxy groups -OCH3 is 2. The standard InChI is InChI=1S/C23H27NO6/c1-17(2)5-12-22-19(9-6-18-7-10-20(11-8-18)24(25)26)13-21(29-15-27-3)14-23(22)30-16-28-4/h5-11,13-14H,12,15-16H2,1-4H3. The molecule has 30 heavy (non-hydrogen) atoms. The molecule has 2 aromatic carbocycles. The molecule has 7 heteroatoms. The average Bonchev–Trinajstić information content (AvgIpc) is 2.73. The number of hydrogen-bond acceptors (Lipinski definition) is 6. The maximum Gasteiger partial charge on any atom is 0.269 e. The highest BCUT2D eigenvalue weighted by Crippen LogP contribution is 2.32. The Bertz CT molecular complexity index is 899. The summed E-state index contributed by atoms with van der Waals surface area (Å²) in [7, 11) is 3.12. The van der Waals surface area contributed by atoms with Gasteiger partial charge in [-0.15, -0.1) is 0 Å². The summed E-state index contributed by atoms with van der Waals surface area (Å²) in [6.07, 6.45) is 6.62. The first-order valence-corrected chi connectivity index (χ1v) is 9.41. The summed E-state index contributed by atoms with van der Waals surface area (Å²) in [6, 6.07) is 10.1. The number of nitro benzene ring substituents is 1. The molecule has 0 N–H and O–H groups in total. The van der Waals surface area contributed by atoms with Crippen LogP contribution in [0.4, 0.5) is 5.69 Å². The molecule has 0 amide bonds. The molecule has 0 aliphatic heterocycles. The molecule has 0 saturated heterocycles. The van der Waals surface area contributed by atoms with E-state index in [2.05, 4.69) is 6.08 Å². The monoisotopic (exact) mass is 413 g/mol. The summed E-state index contributed by atoms with van der Waals surface area (Å²) in [5.74, 6) is 1.26. The molecule has 2 aromatic rings. The van der Waals surface area contributed by atoms with E-state index in [0.717, 1.165) is 16.7 Å². The van der Waals surface area contributed by atoms with Gasteiger partial charge in [0.1, 0.15) is 11.5 Å². The van der Waals surface area contributed by atoms with E-state index in [1.165, 1.54) is 17.7 Å². The normalized spacial score (nSPS) is 10.8. The minimum Gasteiger partial charge on any atom is -0.467 e. The van der Waals surface area contributed by atoms with Crippen LogP contribution in [0, 0.1) is 10.1 Å². The fourth-order valence-electron chi connectivity index (χ4n) is 2.67. The van der Waals surface area contributed by atoms with E-state index in [1.807, 2.05) is 38.1 Å². The Morgan fingerprint density at radius 3 is 2.27 bits per heavy atom. The number of non-ortho nitro benzene ring substituents is 1. The molecule has 2 rings (SSSR count). The van der Waals surface area contributed by atoms with E-state index in [1.54, 1.807) is 26.4 Å². The van der Waals surface area contributed by atoms with Gasteiger partial charge in [0.2, 0.25) is 0 Å². The van der Waals surface area contributed by atoms with Crippen molar-refractivity contribution in [2.45, 2.75) is 20.3 Å². The Morgan fingerprint density at radius 2 is 1.67 bits per heavy atom. The van der Waals surface area contributed by atoms with Crippen molar-refractivity contribution in [2.24, 2.45) is 0 Å². The van der Waals surface area contributed by atoms with Gasteiger partial charge >= 0.3 is 0 Å². The van der Waals surface area contributed by atoms with Crippen molar-refractivity contribution in [3.63, 3.8) is 0 Å². The maximum atomic E-state index is 10.8. The smallest absolute Gasteiger partial charge is 0.269 e. The predicted octanol–water partition coefficient (Wildman–Crippen LogP) is 5.24. The summed E-state index contributed by atoms with van der Waals surface area (Å²) in [6.45, 7) is 4.31. The van der Waals surface area contributed by atoms with Crippen molar-refractivity contribution in [1.29, 1.82) is 0 Å². The Hall–Kier alpha value is -3.16. The van der Waals surface area contributed by atoms with Crippen molar-refractivity contribution in [2.75, 3.05) is 27.8 Å². The van der Waals surface area contributed by atoms with Gasteiger partial charge in [0.05, 0.1) is 4.92 Å². The second kappa shape index (κ2) is 11.7. The third-order valence-electron chi connectivity index (χ3n) is 4.17. The lowest BCUT2D eigenvalue weighted by Gasteiger charge is -2.16. The molecule has 0 radical (unpaired) electrons. The number of ether oxygens (including phenoxy) is 4. The third kappa shape index (κ3) is 7.02. The zero-order valence-electron chi connectivity index (χ0n) is 17.7. The average molecular weight is 413 g/mol. The summed E-state index contributed by atoms with van der Waals surface area (Å²) < 4.78 is 21.5. The SMILES string of the molecule is COCOc1cc(C=Cc2ccc([N+](=O)[O-])cc2)c(CC=C(C)C)c(OCOC)c1. The summed E-state index contributed by atoms with van der Waals surface area (Å²) in [5.41, 5.74) is 3.98. The molecule has 0 spiro atoms. The molecule has 7 nitrogen and oxygen atoms in total. The van der Waals surface area contributed by atoms with Crippen LogP contribution in [-0.4, -0.2) is 32.7 Å². The quantitative estimate of drug-likeness (QED) is 0.165. The molecule has 0 heterocycles. The van der Waals surface area contributed by atoms with Crippen molar-refractivity contribution in [3.05, 3.63) is 74.9 Å². The van der Waals surface area contributed by atoms with E-state index in [0.29, 0.717) is 17.9 Å². The van der Waals surface area contributed by atoms with Crippen LogP contribution in [0.5, 0.6) is 11.5 Å². The molecule has 0 atom stereocenters. The summed E-state index contributed by atoms with van der Waals surface area (Å²) >= 11 is 0. The topological polar surface area (TPSA) is 80.1 Å². The first-order valence-electron chi connectivity index (χ1n) is 9.41. The highest BCUT2D eigenvalue weighted by atomic mass is 16.7. The first-order chi connectivity index (χ1) is 14.4. The van der Waals surface area contributed by atoms with Gasteiger partial charge in [0.25, 0.3) is 5.69 Å². The Morgan fingerprint density at radius 1 is 1.00 bits per heavy atom. The van der Waals surface area contributed by atoms with Gasteiger partial charge in [-0.2, -0.15) is 0 Å². The highest BCUT2D eigenvalue weighted by Gasteiger charge is 2.12. The van der Waals surface area contributed by atoms with Gasteiger partial charge in [0.15, 0.2) is 13.6 Å². The molecule has 0 aliphatic rings. The molecule has 0 aliphatic carbocycles. The van der Waals surface area contributed by atoms with Crippen molar-refractivity contribution in [3.8, 4) is 11.5 Å². The van der Waals surface area contributed by atoms with Crippen LogP contribution in [0.2, 0.25) is 0 Å². The fraction of sp³-hybridized carbons (Fsp3) is 0.304. The third-order valence-corrected chi connectivity index (χ3v) is 4.17. The number of nitro groups is 1. The van der Waals surface area contributed by atoms with Crippen LogP contribution in [0.15, 0.2) is 48.0 Å². The number of nitrogens with zero attached hydrogens (tertiary/aromatic N) is 1. The highest BCUT2D eigenvalue weighted by molar-refractivity contribution is 5.74. The second-order valence-electron chi connectivity index (χ2n) is 6.76. The molecule has 0 bridgehead atoms. The number of hydrogen-bond donors (Lipinski definition) is 0. The summed E-state index contributed by atoms with van der Waals surface area (Å²) in [4.78, 5) is 10.4. The van der Waals surface area contributed by atoms with Crippen LogP contribution in [-0.2, 0) is 15.9 Å². The van der Waals surface area contributed by atoms with Crippen LogP contribution in [0.25, 0.3) is 12.2 Å². The second-order valence-corrected chi connectivity index (χ2v) is 6.76. The van der Waals surface area contributed by atoms with Crippen molar-refractivity contribution >= 4 is 17.8 Å². The Balaban J connectivity index is 2.45. The molecular weight excluding hydrogens is 386 g/mol. The number of rotatable bonds is 11. The van der Waals surface area contributed by atoms with Gasteiger partial charge in [-0.25, -0.2) is 0 Å². The van der Waals surface area contributed by atoms with E-state index in [9.17, 15) is 10.1 Å². The van der Waals surface area contributed by atoms with Crippen molar-refractivity contribution < 1.29 is 23.9 Å². The summed E-state index contributed by atoms with van der Waals surface area (Å²) in [5, 5.41) is 10.8. The lowest BCUT2D eigenvalue weighted by atomic mass is 10.00. The van der Waals surface area contributed by atoms with E-state index in [4.69, 9.17) is 18.9 Å². The zero-order valence-corrected chi connectivity index (χ0v) is 17.7. The minimum absolute atomic E-state index is 0.0570. The minimum atomic E-state index is -0.416. The zero-order chi connectivity index (χ0) is 21.9. The van der Waals surface area contributed by atoms with Crippen LogP contribution in [0.1, 0.15) is 30.5 Å². The molecular formula is C23H27NO6. The van der Waals surface area contributed by atoms with Gasteiger partial charge in [-0.3, -0.25) is 10.1 Å². The van der Waals surface area contributed by atoms with Gasteiger partial charge < -0.3 is 18.9 Å². The maximum absolute atomic E-state index is 10.8. The van der Waals surface area contributed by atoms with Gasteiger partial charge in [-0.05, 0) is 49.6 Å². The van der Waals surface area contributed by atoms with E-state index >= 15 is 0 Å². The number of benzene rings is 2. The molecule has 0 unspecified atom stereocenters. The largest absolute Gasteiger partial charge is 0.467 e. The van der Waals surface area contributed by atoms with Gasteiger partial charge in [0, 0.05) is 38.0 Å². The molecule has 0 aromatic heterocycles. The predicted molar refractivity (Wildman–Crippen MR) is 117 cm³/mol. The lowest BCUT2D eigenvalue weighted by molar-refractivity contribution is -0.384. The Labute approximate surface area is 176 Å². The number of allylic oxidation sites excluding steroid dienone is 2.